The second-order valence-electron chi connectivity index (χ2n) is 6.56. The summed E-state index contributed by atoms with van der Waals surface area (Å²) < 4.78 is 12.0. The largest absolute Gasteiger partial charge is 0.462 e. The molecule has 164 valence electrons. The van der Waals surface area contributed by atoms with Gasteiger partial charge in [0, 0.05) is 20.1 Å². The summed E-state index contributed by atoms with van der Waals surface area (Å²) in [4.78, 5) is 43.5. The fraction of sp³-hybridized carbons (Fsp3) is 0.167. The van der Waals surface area contributed by atoms with E-state index in [9.17, 15) is 14.4 Å². The van der Waals surface area contributed by atoms with Crippen LogP contribution in [0.1, 0.15) is 50.6 Å². The molecule has 0 atom stereocenters. The highest BCUT2D eigenvalue weighted by Gasteiger charge is 2.30. The highest BCUT2D eigenvalue weighted by Crippen LogP contribution is 2.27. The lowest BCUT2D eigenvalue weighted by molar-refractivity contribution is 0.0477. The average molecular weight is 561 g/mol. The van der Waals surface area contributed by atoms with Gasteiger partial charge in [-0.15, -0.1) is 0 Å². The van der Waals surface area contributed by atoms with Crippen LogP contribution in [0.25, 0.3) is 11.3 Å². The number of ether oxygens (including phenoxy) is 2. The fourth-order valence-corrected chi connectivity index (χ4v) is 3.52. The SMILES string of the molecule is CCOC(=O)c1cc(-c2ccc(Br)cc2)nc(C(=O)c2ccc(Br)cc2)c1C(=O)OCC. The van der Waals surface area contributed by atoms with E-state index in [1.54, 1.807) is 50.2 Å². The molecule has 0 aliphatic rings. The molecule has 1 heterocycles. The molecule has 0 saturated heterocycles. The molecule has 0 saturated carbocycles. The quantitative estimate of drug-likeness (QED) is 0.266. The van der Waals surface area contributed by atoms with Gasteiger partial charge in [0.05, 0.1) is 24.5 Å². The van der Waals surface area contributed by atoms with Crippen molar-refractivity contribution in [1.29, 1.82) is 0 Å². The van der Waals surface area contributed by atoms with E-state index >= 15 is 0 Å². The van der Waals surface area contributed by atoms with Gasteiger partial charge in [0.2, 0.25) is 5.78 Å². The molecular formula is C24H19Br2NO5. The van der Waals surface area contributed by atoms with Crippen LogP contribution in [0.5, 0.6) is 0 Å². The third-order valence-electron chi connectivity index (χ3n) is 4.46. The summed E-state index contributed by atoms with van der Waals surface area (Å²) in [6.45, 7) is 3.48. The lowest BCUT2D eigenvalue weighted by atomic mass is 9.97. The lowest BCUT2D eigenvalue weighted by Gasteiger charge is -2.15. The highest BCUT2D eigenvalue weighted by atomic mass is 79.9. The van der Waals surface area contributed by atoms with Crippen LogP contribution in [-0.2, 0) is 9.47 Å². The van der Waals surface area contributed by atoms with Gasteiger partial charge in [0.15, 0.2) is 0 Å². The van der Waals surface area contributed by atoms with Crippen molar-refractivity contribution >= 4 is 49.6 Å². The maximum absolute atomic E-state index is 13.4. The van der Waals surface area contributed by atoms with Crippen LogP contribution in [0, 0.1) is 0 Å². The molecule has 0 amide bonds. The monoisotopic (exact) mass is 559 g/mol. The summed E-state index contributed by atoms with van der Waals surface area (Å²) in [6.07, 6.45) is 0. The van der Waals surface area contributed by atoms with Gasteiger partial charge in [-0.2, -0.15) is 0 Å². The molecule has 1 aromatic heterocycles. The Kier molecular flexibility index (Phi) is 7.93. The van der Waals surface area contributed by atoms with Gasteiger partial charge < -0.3 is 9.47 Å². The third-order valence-corrected chi connectivity index (χ3v) is 5.51. The molecule has 0 bridgehead atoms. The molecule has 6 nitrogen and oxygen atoms in total. The summed E-state index contributed by atoms with van der Waals surface area (Å²) >= 11 is 6.72. The van der Waals surface area contributed by atoms with E-state index in [0.717, 1.165) is 8.95 Å². The van der Waals surface area contributed by atoms with Gasteiger partial charge in [0.1, 0.15) is 11.3 Å². The summed E-state index contributed by atoms with van der Waals surface area (Å²) in [5.74, 6) is -2.06. The van der Waals surface area contributed by atoms with E-state index in [1.165, 1.54) is 6.07 Å². The van der Waals surface area contributed by atoms with Crippen LogP contribution < -0.4 is 0 Å². The van der Waals surface area contributed by atoms with Crippen LogP contribution in [-0.4, -0.2) is 35.9 Å². The number of rotatable bonds is 7. The van der Waals surface area contributed by atoms with E-state index in [0.29, 0.717) is 16.8 Å². The number of carbonyl (C=O) groups excluding carboxylic acids is 3. The molecule has 3 aromatic rings. The van der Waals surface area contributed by atoms with Gasteiger partial charge in [0.25, 0.3) is 0 Å². The Labute approximate surface area is 202 Å². The number of nitrogens with zero attached hydrogens (tertiary/aromatic N) is 1. The first kappa shape index (κ1) is 23.8. The first-order valence-electron chi connectivity index (χ1n) is 9.81. The fourth-order valence-electron chi connectivity index (χ4n) is 3.00. The first-order chi connectivity index (χ1) is 15.3. The molecule has 0 radical (unpaired) electrons. The predicted octanol–water partition coefficient (Wildman–Crippen LogP) is 5.86. The van der Waals surface area contributed by atoms with Crippen LogP contribution >= 0.6 is 31.9 Å². The second-order valence-corrected chi connectivity index (χ2v) is 8.39. The number of benzene rings is 2. The molecule has 0 unspecified atom stereocenters. The molecular weight excluding hydrogens is 542 g/mol. The predicted molar refractivity (Wildman–Crippen MR) is 127 cm³/mol. The molecule has 32 heavy (non-hydrogen) atoms. The topological polar surface area (TPSA) is 82.6 Å². The lowest BCUT2D eigenvalue weighted by Crippen LogP contribution is -2.21. The average Bonchev–Trinajstić information content (AvgIpc) is 2.79. The summed E-state index contributed by atoms with van der Waals surface area (Å²) in [7, 11) is 0. The zero-order chi connectivity index (χ0) is 23.3. The van der Waals surface area contributed by atoms with Crippen molar-refractivity contribution in [3.8, 4) is 11.3 Å². The highest BCUT2D eigenvalue weighted by molar-refractivity contribution is 9.10. The van der Waals surface area contributed by atoms with Gasteiger partial charge in [-0.1, -0.05) is 44.0 Å². The summed E-state index contributed by atoms with van der Waals surface area (Å²) in [5, 5.41) is 0. The molecule has 0 N–H and O–H groups in total. The van der Waals surface area contributed by atoms with Gasteiger partial charge in [-0.3, -0.25) is 4.79 Å². The van der Waals surface area contributed by atoms with E-state index in [2.05, 4.69) is 36.8 Å². The number of esters is 2. The molecule has 2 aromatic carbocycles. The molecule has 0 aliphatic carbocycles. The maximum atomic E-state index is 13.4. The smallest absolute Gasteiger partial charge is 0.341 e. The van der Waals surface area contributed by atoms with E-state index in [4.69, 9.17) is 9.47 Å². The molecule has 3 rings (SSSR count). The second kappa shape index (κ2) is 10.7. The Balaban J connectivity index is 2.29. The van der Waals surface area contributed by atoms with Crippen molar-refractivity contribution in [3.05, 3.63) is 85.9 Å². The van der Waals surface area contributed by atoms with Crippen molar-refractivity contribution in [3.63, 3.8) is 0 Å². The standard InChI is InChI=1S/C24H19Br2NO5/c1-3-31-23(29)18-13-19(14-5-9-16(25)10-6-14)27-21(20(18)24(30)32-4-2)22(28)15-7-11-17(26)12-8-15/h5-13H,3-4H2,1-2H3. The van der Waals surface area contributed by atoms with Gasteiger partial charge in [-0.25, -0.2) is 14.6 Å². The number of halogens is 2. The minimum absolute atomic E-state index is 0.0707. The van der Waals surface area contributed by atoms with Crippen molar-refractivity contribution in [2.45, 2.75) is 13.8 Å². The number of ketones is 1. The zero-order valence-electron chi connectivity index (χ0n) is 17.4. The maximum Gasteiger partial charge on any atom is 0.341 e. The number of hydrogen-bond donors (Lipinski definition) is 0. The van der Waals surface area contributed by atoms with Crippen LogP contribution in [0.15, 0.2) is 63.5 Å². The van der Waals surface area contributed by atoms with Crippen molar-refractivity contribution in [1.82, 2.24) is 4.98 Å². The normalized spacial score (nSPS) is 10.5. The molecule has 0 fully saturated rings. The Morgan fingerprint density at radius 3 is 1.91 bits per heavy atom. The van der Waals surface area contributed by atoms with E-state index < -0.39 is 17.7 Å². The van der Waals surface area contributed by atoms with Crippen LogP contribution in [0.4, 0.5) is 0 Å². The Bertz CT molecular complexity index is 1160. The number of carbonyl (C=O) groups is 3. The summed E-state index contributed by atoms with van der Waals surface area (Å²) in [6, 6.07) is 15.3. The van der Waals surface area contributed by atoms with Gasteiger partial charge in [-0.05, 0) is 56.3 Å². The Morgan fingerprint density at radius 1 is 0.812 bits per heavy atom. The Hall–Kier alpha value is -2.84. The van der Waals surface area contributed by atoms with Crippen LogP contribution in [0.2, 0.25) is 0 Å². The van der Waals surface area contributed by atoms with Crippen LogP contribution in [0.3, 0.4) is 0 Å². The molecule has 0 aliphatic heterocycles. The first-order valence-corrected chi connectivity index (χ1v) is 11.4. The number of aromatic nitrogens is 1. The van der Waals surface area contributed by atoms with E-state index in [-0.39, 0.29) is 30.0 Å². The third kappa shape index (κ3) is 5.31. The van der Waals surface area contributed by atoms with Crippen molar-refractivity contribution in [2.24, 2.45) is 0 Å². The minimum Gasteiger partial charge on any atom is -0.462 e. The Morgan fingerprint density at radius 2 is 1.34 bits per heavy atom. The summed E-state index contributed by atoms with van der Waals surface area (Å²) in [5.41, 5.74) is 0.883. The molecule has 0 spiro atoms. The molecule has 8 heteroatoms. The minimum atomic E-state index is -0.814. The van der Waals surface area contributed by atoms with Gasteiger partial charge >= 0.3 is 11.9 Å². The van der Waals surface area contributed by atoms with E-state index in [1.807, 2.05) is 12.1 Å². The van der Waals surface area contributed by atoms with Crippen molar-refractivity contribution < 1.29 is 23.9 Å². The zero-order valence-corrected chi connectivity index (χ0v) is 20.5. The number of pyridine rings is 1. The number of hydrogen-bond acceptors (Lipinski definition) is 6. The van der Waals surface area contributed by atoms with Crippen molar-refractivity contribution in [2.75, 3.05) is 13.2 Å².